The van der Waals surface area contributed by atoms with Crippen LogP contribution in [0.2, 0.25) is 0 Å². The van der Waals surface area contributed by atoms with Crippen molar-refractivity contribution in [2.24, 2.45) is 0 Å². The maximum absolute atomic E-state index is 14.3. The van der Waals surface area contributed by atoms with Crippen molar-refractivity contribution in [3.8, 4) is 0 Å². The summed E-state index contributed by atoms with van der Waals surface area (Å²) in [4.78, 5) is 12.5. The number of nitrogens with one attached hydrogen (secondary N) is 1. The second kappa shape index (κ2) is 8.61. The number of carbonyl (C=O) groups excluding carboxylic acids is 1. The molecule has 0 aliphatic heterocycles. The minimum atomic E-state index is -0.303. The summed E-state index contributed by atoms with van der Waals surface area (Å²) < 4.78 is 14.8. The number of halogens is 1. The molecule has 0 radical (unpaired) electrons. The molecule has 0 unspecified atom stereocenters. The molecule has 3 rings (SSSR count). The predicted octanol–water partition coefficient (Wildman–Crippen LogP) is 3.29. The third-order valence-electron chi connectivity index (χ3n) is 3.73. The van der Waals surface area contributed by atoms with Crippen molar-refractivity contribution in [1.29, 1.82) is 0 Å². The van der Waals surface area contributed by atoms with Crippen LogP contribution in [0.25, 0.3) is 0 Å². The zero-order valence-corrected chi connectivity index (χ0v) is 15.3. The van der Waals surface area contributed by atoms with Crippen molar-refractivity contribution in [1.82, 2.24) is 5.32 Å². The molecule has 2 nitrogen and oxygen atoms in total. The van der Waals surface area contributed by atoms with Crippen molar-refractivity contribution in [2.75, 3.05) is 0 Å². The summed E-state index contributed by atoms with van der Waals surface area (Å²) in [6, 6.07) is 24.4. The molecule has 0 bridgehead atoms. The van der Waals surface area contributed by atoms with Crippen molar-refractivity contribution in [3.05, 3.63) is 101 Å². The van der Waals surface area contributed by atoms with Gasteiger partial charge in [-0.15, -0.1) is 0 Å². The van der Waals surface area contributed by atoms with Crippen molar-refractivity contribution >= 4 is 25.3 Å². The van der Waals surface area contributed by atoms with Crippen LogP contribution in [0.5, 0.6) is 0 Å². The Morgan fingerprint density at radius 3 is 2.16 bits per heavy atom. The summed E-state index contributed by atoms with van der Waals surface area (Å²) in [7, 11) is 0. The summed E-state index contributed by atoms with van der Waals surface area (Å²) in [5, 5.41) is 3.64. The van der Waals surface area contributed by atoms with E-state index < -0.39 is 0 Å². The fourth-order valence-corrected chi connectivity index (χ4v) is 4.59. The van der Waals surface area contributed by atoms with Gasteiger partial charge in [-0.3, -0.25) is 0 Å². The Morgan fingerprint density at radius 2 is 1.48 bits per heavy atom. The molecule has 0 heterocycles. The van der Waals surface area contributed by atoms with E-state index in [0.29, 0.717) is 16.6 Å². The summed E-state index contributed by atoms with van der Waals surface area (Å²) >= 11 is -0.147. The van der Waals surface area contributed by atoms with Crippen molar-refractivity contribution < 1.29 is 9.18 Å². The molecule has 3 aromatic rings. The van der Waals surface area contributed by atoms with Crippen LogP contribution in [0.4, 0.5) is 4.39 Å². The van der Waals surface area contributed by atoms with E-state index in [1.54, 1.807) is 12.1 Å². The molecule has 0 aromatic heterocycles. The third kappa shape index (κ3) is 4.79. The average molecular weight is 398 g/mol. The molecular weight excluding hydrogens is 380 g/mol. The molecule has 1 amide bonds. The van der Waals surface area contributed by atoms with Crippen LogP contribution in [-0.2, 0) is 11.9 Å². The predicted molar refractivity (Wildman–Crippen MR) is 99.5 cm³/mol. The Bertz CT molecular complexity index is 837. The molecule has 4 heteroatoms. The Morgan fingerprint density at radius 1 is 0.840 bits per heavy atom. The normalized spacial score (nSPS) is 10.4. The van der Waals surface area contributed by atoms with Crippen molar-refractivity contribution in [3.63, 3.8) is 0 Å². The first-order valence-electron chi connectivity index (χ1n) is 8.01. The molecule has 1 N–H and O–H groups in total. The Hall–Kier alpha value is -2.42. The fourth-order valence-electron chi connectivity index (χ4n) is 2.44. The van der Waals surface area contributed by atoms with E-state index in [2.05, 4.69) is 5.32 Å². The Kier molecular flexibility index (Phi) is 5.99. The quantitative estimate of drug-likeness (QED) is 0.635. The van der Waals surface area contributed by atoms with Crippen LogP contribution in [-0.4, -0.2) is 20.9 Å². The number of hydrogen-bond acceptors (Lipinski definition) is 1. The number of hydrogen-bond donors (Lipinski definition) is 1. The Labute approximate surface area is 153 Å². The van der Waals surface area contributed by atoms with Gasteiger partial charge in [-0.1, -0.05) is 0 Å². The standard InChI is InChI=1S/C21H18FNOSe/c22-19-13-7-12-18(20(19)25-15-17-10-5-2-6-11-17)21(24)23-14-16-8-3-1-4-9-16/h1-13H,14-15H2,(H,23,24). The zero-order valence-electron chi connectivity index (χ0n) is 13.6. The van der Waals surface area contributed by atoms with E-state index in [-0.39, 0.29) is 26.7 Å². The Balaban J connectivity index is 1.72. The van der Waals surface area contributed by atoms with E-state index in [9.17, 15) is 9.18 Å². The second-order valence-corrected chi connectivity index (χ2v) is 7.63. The minimum absolute atomic E-state index is 0.147. The van der Waals surface area contributed by atoms with Gasteiger partial charge in [-0.2, -0.15) is 0 Å². The topological polar surface area (TPSA) is 29.1 Å². The van der Waals surface area contributed by atoms with E-state index in [4.69, 9.17) is 0 Å². The van der Waals surface area contributed by atoms with Crippen LogP contribution in [0.15, 0.2) is 78.9 Å². The summed E-state index contributed by atoms with van der Waals surface area (Å²) in [6.45, 7) is 0.432. The van der Waals surface area contributed by atoms with Gasteiger partial charge < -0.3 is 0 Å². The van der Waals surface area contributed by atoms with E-state index in [1.807, 2.05) is 60.7 Å². The SMILES string of the molecule is O=C(NCc1ccccc1)c1cccc(F)c1[Se]Cc1ccccc1. The van der Waals surface area contributed by atoms with Gasteiger partial charge >= 0.3 is 153 Å². The summed E-state index contributed by atoms with van der Waals surface area (Å²) in [6.07, 6.45) is 0. The summed E-state index contributed by atoms with van der Waals surface area (Å²) in [5.41, 5.74) is 2.61. The first kappa shape index (κ1) is 17.4. The van der Waals surface area contributed by atoms with Crippen LogP contribution in [0.1, 0.15) is 21.5 Å². The van der Waals surface area contributed by atoms with Crippen LogP contribution >= 0.6 is 0 Å². The average Bonchev–Trinajstić information content (AvgIpc) is 2.66. The van der Waals surface area contributed by atoms with Gasteiger partial charge in [0.2, 0.25) is 0 Å². The van der Waals surface area contributed by atoms with Gasteiger partial charge in [-0.05, 0) is 0 Å². The van der Waals surface area contributed by atoms with E-state index in [0.717, 1.165) is 16.4 Å². The first-order valence-corrected chi connectivity index (χ1v) is 10.1. The monoisotopic (exact) mass is 399 g/mol. The van der Waals surface area contributed by atoms with Gasteiger partial charge in [0.05, 0.1) is 0 Å². The first-order chi connectivity index (χ1) is 12.2. The van der Waals surface area contributed by atoms with Gasteiger partial charge in [-0.25, -0.2) is 0 Å². The molecule has 0 aliphatic rings. The molecule has 0 fully saturated rings. The number of benzene rings is 3. The molecule has 0 atom stereocenters. The van der Waals surface area contributed by atoms with Gasteiger partial charge in [0.1, 0.15) is 0 Å². The van der Waals surface area contributed by atoms with Crippen LogP contribution < -0.4 is 9.78 Å². The third-order valence-corrected chi connectivity index (χ3v) is 6.21. The van der Waals surface area contributed by atoms with Crippen LogP contribution in [0, 0.1) is 5.82 Å². The molecule has 25 heavy (non-hydrogen) atoms. The zero-order chi connectivity index (χ0) is 17.5. The number of carbonyl (C=O) groups is 1. The van der Waals surface area contributed by atoms with E-state index >= 15 is 0 Å². The molecular formula is C21H18FNOSe. The molecule has 0 spiro atoms. The van der Waals surface area contributed by atoms with Gasteiger partial charge in [0, 0.05) is 0 Å². The van der Waals surface area contributed by atoms with Crippen LogP contribution in [0.3, 0.4) is 0 Å². The van der Waals surface area contributed by atoms with E-state index in [1.165, 1.54) is 6.07 Å². The maximum atomic E-state index is 14.3. The number of rotatable bonds is 6. The molecule has 126 valence electrons. The van der Waals surface area contributed by atoms with Gasteiger partial charge in [0.15, 0.2) is 0 Å². The van der Waals surface area contributed by atoms with Gasteiger partial charge in [0.25, 0.3) is 0 Å². The molecule has 0 saturated heterocycles. The molecule has 0 saturated carbocycles. The fraction of sp³-hybridized carbons (Fsp3) is 0.0952. The van der Waals surface area contributed by atoms with Crippen molar-refractivity contribution in [2.45, 2.75) is 11.9 Å². The summed E-state index contributed by atoms with van der Waals surface area (Å²) in [5.74, 6) is -0.531. The molecule has 3 aromatic carbocycles. The molecule has 0 aliphatic carbocycles. The second-order valence-electron chi connectivity index (χ2n) is 5.56. The number of amides is 1.